The number of piperazine rings is 1. The number of hydrogen-bond acceptors (Lipinski definition) is 13. The minimum Gasteiger partial charge on any atom is -0.506 e. The number of nitrogens with one attached hydrogen (secondary N) is 2. The zero-order valence-corrected chi connectivity index (χ0v) is 31.9. The van der Waals surface area contributed by atoms with E-state index in [1.54, 1.807) is 17.2 Å². The van der Waals surface area contributed by atoms with Crippen molar-refractivity contribution in [3.8, 4) is 28.4 Å². The van der Waals surface area contributed by atoms with E-state index in [2.05, 4.69) is 25.4 Å². The van der Waals surface area contributed by atoms with Gasteiger partial charge in [-0.2, -0.15) is 18.3 Å². The zero-order chi connectivity index (χ0) is 39.9. The van der Waals surface area contributed by atoms with Crippen LogP contribution in [0.3, 0.4) is 0 Å². The van der Waals surface area contributed by atoms with Gasteiger partial charge in [-0.15, -0.1) is 16.9 Å². The lowest BCUT2D eigenvalue weighted by atomic mass is 10.0. The van der Waals surface area contributed by atoms with Crippen molar-refractivity contribution >= 4 is 39.1 Å². The van der Waals surface area contributed by atoms with Crippen LogP contribution in [-0.2, 0) is 22.7 Å². The SMILES string of the molecule is COc1cc(-c2cncc(O)c2)cc(OC)c1CN1CCN(c2cc(NCCSc3ccccc3)c(C(F)(F)F)cc2S(=O)(=O)NC(=O)c2cccnn2)CC1. The van der Waals surface area contributed by atoms with Gasteiger partial charge in [-0.25, -0.2) is 13.1 Å². The van der Waals surface area contributed by atoms with Crippen LogP contribution in [0.25, 0.3) is 11.1 Å². The van der Waals surface area contributed by atoms with Gasteiger partial charge in [0.25, 0.3) is 15.9 Å². The quantitative estimate of drug-likeness (QED) is 0.0897. The van der Waals surface area contributed by atoms with Gasteiger partial charge in [0, 0.05) is 73.6 Å². The fourth-order valence-electron chi connectivity index (χ4n) is 6.20. The Balaban J connectivity index is 1.28. The fourth-order valence-corrected chi connectivity index (χ4v) is 8.18. The Morgan fingerprint density at radius 2 is 1.64 bits per heavy atom. The van der Waals surface area contributed by atoms with Crippen LogP contribution in [0.2, 0.25) is 0 Å². The van der Waals surface area contributed by atoms with Crippen LogP contribution in [0.15, 0.2) is 101 Å². The van der Waals surface area contributed by atoms with E-state index in [9.17, 15) is 31.5 Å². The number of carbonyl (C=O) groups is 1. The predicted molar refractivity (Wildman–Crippen MR) is 206 cm³/mol. The Morgan fingerprint density at radius 1 is 0.929 bits per heavy atom. The van der Waals surface area contributed by atoms with Crippen molar-refractivity contribution in [2.75, 3.05) is 62.9 Å². The van der Waals surface area contributed by atoms with E-state index in [1.807, 2.05) is 47.2 Å². The first-order valence-electron chi connectivity index (χ1n) is 17.2. The van der Waals surface area contributed by atoms with Gasteiger partial charge >= 0.3 is 6.18 Å². The third kappa shape index (κ3) is 9.61. The summed E-state index contributed by atoms with van der Waals surface area (Å²) < 4.78 is 84.8. The van der Waals surface area contributed by atoms with Crippen molar-refractivity contribution in [3.05, 3.63) is 108 Å². The van der Waals surface area contributed by atoms with Crippen LogP contribution in [0.1, 0.15) is 21.6 Å². The van der Waals surface area contributed by atoms with Gasteiger partial charge in [0.05, 0.1) is 37.2 Å². The summed E-state index contributed by atoms with van der Waals surface area (Å²) >= 11 is 1.46. The molecule has 56 heavy (non-hydrogen) atoms. The van der Waals surface area contributed by atoms with Gasteiger partial charge in [0.15, 0.2) is 5.69 Å². The number of methoxy groups -OCH3 is 2. The van der Waals surface area contributed by atoms with Crippen molar-refractivity contribution in [1.29, 1.82) is 0 Å². The minimum atomic E-state index is -4.93. The van der Waals surface area contributed by atoms with Gasteiger partial charge in [-0.05, 0) is 60.2 Å². The minimum absolute atomic E-state index is 0.00392. The molecule has 0 saturated carbocycles. The Bertz CT molecular complexity index is 2240. The molecule has 13 nitrogen and oxygen atoms in total. The lowest BCUT2D eigenvalue weighted by Crippen LogP contribution is -2.46. The van der Waals surface area contributed by atoms with Crippen LogP contribution in [0.5, 0.6) is 17.2 Å². The molecule has 0 bridgehead atoms. The molecule has 0 aliphatic carbocycles. The molecule has 5 aromatic rings. The Morgan fingerprint density at radius 3 is 2.27 bits per heavy atom. The second-order valence-corrected chi connectivity index (χ2v) is 15.4. The number of nitrogens with zero attached hydrogens (tertiary/aromatic N) is 5. The number of aromatic nitrogens is 3. The van der Waals surface area contributed by atoms with E-state index in [1.165, 1.54) is 56.6 Å². The molecule has 0 spiro atoms. The van der Waals surface area contributed by atoms with Crippen LogP contribution in [0, 0.1) is 0 Å². The lowest BCUT2D eigenvalue weighted by molar-refractivity contribution is -0.137. The number of alkyl halides is 3. The van der Waals surface area contributed by atoms with E-state index >= 15 is 0 Å². The third-order valence-electron chi connectivity index (χ3n) is 8.92. The van der Waals surface area contributed by atoms with E-state index in [4.69, 9.17) is 9.47 Å². The van der Waals surface area contributed by atoms with Crippen molar-refractivity contribution in [2.24, 2.45) is 0 Å². The van der Waals surface area contributed by atoms with Gasteiger partial charge < -0.3 is 24.8 Å². The Kier molecular flexibility index (Phi) is 12.5. The molecule has 3 heterocycles. The summed E-state index contributed by atoms with van der Waals surface area (Å²) in [5, 5.41) is 20.0. The smallest absolute Gasteiger partial charge is 0.418 e. The lowest BCUT2D eigenvalue weighted by Gasteiger charge is -2.37. The molecule has 2 aromatic heterocycles. The van der Waals surface area contributed by atoms with E-state index in [0.29, 0.717) is 54.1 Å². The second kappa shape index (κ2) is 17.5. The predicted octanol–water partition coefficient (Wildman–Crippen LogP) is 5.93. The average Bonchev–Trinajstić information content (AvgIpc) is 3.19. The Hall–Kier alpha value is -5.59. The zero-order valence-electron chi connectivity index (χ0n) is 30.3. The van der Waals surface area contributed by atoms with Crippen molar-refractivity contribution in [3.63, 3.8) is 0 Å². The fraction of sp³-hybridized carbons (Fsp3) is 0.263. The highest BCUT2D eigenvalue weighted by Crippen LogP contribution is 2.42. The number of benzene rings is 3. The first-order chi connectivity index (χ1) is 26.9. The molecule has 1 amide bonds. The monoisotopic (exact) mass is 809 g/mol. The molecule has 1 aliphatic rings. The summed E-state index contributed by atoms with van der Waals surface area (Å²) in [4.78, 5) is 21.0. The highest BCUT2D eigenvalue weighted by molar-refractivity contribution is 7.99. The molecule has 0 atom stereocenters. The van der Waals surface area contributed by atoms with Crippen LogP contribution < -0.4 is 24.4 Å². The van der Waals surface area contributed by atoms with Gasteiger partial charge in [0.2, 0.25) is 0 Å². The van der Waals surface area contributed by atoms with E-state index in [-0.39, 0.29) is 42.5 Å². The number of ether oxygens (including phenoxy) is 2. The molecule has 18 heteroatoms. The molecule has 0 radical (unpaired) electrons. The summed E-state index contributed by atoms with van der Waals surface area (Å²) in [6.07, 6.45) is -0.710. The first kappa shape index (κ1) is 40.1. The molecular formula is C38H38F3N7O6S2. The number of rotatable bonds is 14. The average molecular weight is 810 g/mol. The van der Waals surface area contributed by atoms with Crippen LogP contribution in [0.4, 0.5) is 24.5 Å². The van der Waals surface area contributed by atoms with E-state index < -0.39 is 32.6 Å². The third-order valence-corrected chi connectivity index (χ3v) is 11.3. The summed E-state index contributed by atoms with van der Waals surface area (Å²) in [7, 11) is -1.81. The number of halogens is 3. The molecular weight excluding hydrogens is 772 g/mol. The van der Waals surface area contributed by atoms with Crippen molar-refractivity contribution in [2.45, 2.75) is 22.5 Å². The molecule has 3 N–H and O–H groups in total. The Labute approximate surface area is 325 Å². The maximum Gasteiger partial charge on any atom is 0.418 e. The number of pyridine rings is 1. The molecule has 3 aromatic carbocycles. The van der Waals surface area contributed by atoms with Gasteiger partial charge in [-0.3, -0.25) is 14.7 Å². The van der Waals surface area contributed by atoms with Gasteiger partial charge in [0.1, 0.15) is 22.1 Å². The topological polar surface area (TPSA) is 159 Å². The summed E-state index contributed by atoms with van der Waals surface area (Å²) in [5.41, 5.74) is 0.287. The standard InChI is InChI=1S/C38H38F3N7O6S2/c1-53-34-18-25(26-17-27(49)23-42-22-26)19-35(54-2)29(34)24-47-12-14-48(15-13-47)33-21-32(43-11-16-55-28-7-4-3-5-8-28)30(38(39,40)41)20-36(33)56(51,52)46-37(50)31-9-6-10-44-45-31/h3-10,17-23,43,49H,11-16,24H2,1-2H3,(H,46,50). The number of carbonyl (C=O) groups excluding carboxylic acids is 1. The second-order valence-electron chi connectivity index (χ2n) is 12.5. The summed E-state index contributed by atoms with van der Waals surface area (Å²) in [6, 6.07) is 19.0. The highest BCUT2D eigenvalue weighted by atomic mass is 32.2. The molecule has 6 rings (SSSR count). The molecule has 1 saturated heterocycles. The van der Waals surface area contributed by atoms with Gasteiger partial charge in [-0.1, -0.05) is 18.2 Å². The maximum atomic E-state index is 14.6. The molecule has 1 aliphatic heterocycles. The number of sulfonamides is 1. The van der Waals surface area contributed by atoms with Crippen molar-refractivity contribution in [1.82, 2.24) is 24.8 Å². The molecule has 294 valence electrons. The number of aromatic hydroxyl groups is 1. The number of amides is 1. The van der Waals surface area contributed by atoms with E-state index in [0.717, 1.165) is 10.5 Å². The summed E-state index contributed by atoms with van der Waals surface area (Å²) in [6.45, 7) is 1.74. The first-order valence-corrected chi connectivity index (χ1v) is 19.7. The van der Waals surface area contributed by atoms with Crippen molar-refractivity contribution < 1.29 is 41.0 Å². The number of thioether (sulfide) groups is 1. The number of hydrogen-bond donors (Lipinski definition) is 3. The van der Waals surface area contributed by atoms with Crippen LogP contribution >= 0.6 is 11.8 Å². The highest BCUT2D eigenvalue weighted by Gasteiger charge is 2.38. The number of anilines is 2. The molecule has 1 fully saturated rings. The summed E-state index contributed by atoms with van der Waals surface area (Å²) in [5.74, 6) is 0.353. The largest absolute Gasteiger partial charge is 0.506 e. The normalized spacial score (nSPS) is 13.6. The van der Waals surface area contributed by atoms with Crippen LogP contribution in [-0.4, -0.2) is 92.2 Å². The molecule has 0 unspecified atom stereocenters. The maximum absolute atomic E-state index is 14.6.